The van der Waals surface area contributed by atoms with E-state index in [9.17, 15) is 8.78 Å². The van der Waals surface area contributed by atoms with Gasteiger partial charge in [-0.1, -0.05) is 6.07 Å². The molecular formula is C13H13F2NS2. The van der Waals surface area contributed by atoms with E-state index >= 15 is 0 Å². The van der Waals surface area contributed by atoms with E-state index in [2.05, 4.69) is 4.98 Å². The summed E-state index contributed by atoms with van der Waals surface area (Å²) in [6.07, 6.45) is 0. The van der Waals surface area contributed by atoms with E-state index in [-0.39, 0.29) is 10.8 Å². The fraction of sp³-hybridized carbons (Fsp3) is 0.308. The SMILES string of the molecule is Cc1nc(CSC(C)c2c(F)cccc2F)cs1. The normalized spacial score (nSPS) is 12.7. The second-order valence-electron chi connectivity index (χ2n) is 3.95. The summed E-state index contributed by atoms with van der Waals surface area (Å²) in [5.41, 5.74) is 1.11. The first-order valence-corrected chi connectivity index (χ1v) is 7.47. The predicted octanol–water partition coefficient (Wildman–Crippen LogP) is 4.72. The van der Waals surface area contributed by atoms with Crippen LogP contribution in [0.4, 0.5) is 8.78 Å². The minimum Gasteiger partial charge on any atom is -0.246 e. The van der Waals surface area contributed by atoms with Crippen molar-refractivity contribution in [2.24, 2.45) is 0 Å². The zero-order chi connectivity index (χ0) is 13.1. The van der Waals surface area contributed by atoms with Crippen LogP contribution in [0.5, 0.6) is 0 Å². The van der Waals surface area contributed by atoms with Crippen LogP contribution in [0.2, 0.25) is 0 Å². The molecule has 1 heterocycles. The third-order valence-electron chi connectivity index (χ3n) is 2.55. The molecule has 5 heteroatoms. The van der Waals surface area contributed by atoms with Crippen molar-refractivity contribution in [2.45, 2.75) is 24.9 Å². The Hall–Kier alpha value is -0.940. The summed E-state index contributed by atoms with van der Waals surface area (Å²) in [7, 11) is 0. The monoisotopic (exact) mass is 285 g/mol. The molecule has 0 radical (unpaired) electrons. The molecule has 0 aliphatic heterocycles. The van der Waals surface area contributed by atoms with Gasteiger partial charge in [0, 0.05) is 21.9 Å². The van der Waals surface area contributed by atoms with Crippen LogP contribution in [0.3, 0.4) is 0 Å². The highest BCUT2D eigenvalue weighted by Gasteiger charge is 2.16. The van der Waals surface area contributed by atoms with Crippen LogP contribution in [0, 0.1) is 18.6 Å². The van der Waals surface area contributed by atoms with Crippen LogP contribution in [0.1, 0.15) is 28.4 Å². The minimum atomic E-state index is -0.482. The lowest BCUT2D eigenvalue weighted by atomic mass is 10.1. The lowest BCUT2D eigenvalue weighted by molar-refractivity contribution is 0.557. The smallest absolute Gasteiger partial charge is 0.130 e. The summed E-state index contributed by atoms with van der Waals surface area (Å²) in [5.74, 6) is -0.298. The number of hydrogen-bond donors (Lipinski definition) is 0. The van der Waals surface area contributed by atoms with Gasteiger partial charge in [0.2, 0.25) is 0 Å². The number of halogens is 2. The number of nitrogens with zero attached hydrogens (tertiary/aromatic N) is 1. The summed E-state index contributed by atoms with van der Waals surface area (Å²) in [6.45, 7) is 3.75. The molecule has 1 atom stereocenters. The Balaban J connectivity index is 2.06. The Labute approximate surface area is 113 Å². The number of aromatic nitrogens is 1. The quantitative estimate of drug-likeness (QED) is 0.806. The molecule has 1 aromatic heterocycles. The summed E-state index contributed by atoms with van der Waals surface area (Å²) in [5, 5.41) is 2.76. The number of thiazole rings is 1. The Kier molecular flexibility index (Phi) is 4.35. The van der Waals surface area contributed by atoms with Crippen LogP contribution < -0.4 is 0 Å². The van der Waals surface area contributed by atoms with Crippen LogP contribution >= 0.6 is 23.1 Å². The van der Waals surface area contributed by atoms with Gasteiger partial charge in [-0.15, -0.1) is 23.1 Å². The van der Waals surface area contributed by atoms with Gasteiger partial charge in [-0.25, -0.2) is 13.8 Å². The van der Waals surface area contributed by atoms with Crippen molar-refractivity contribution in [3.8, 4) is 0 Å². The second kappa shape index (κ2) is 5.80. The van der Waals surface area contributed by atoms with Gasteiger partial charge >= 0.3 is 0 Å². The highest BCUT2D eigenvalue weighted by molar-refractivity contribution is 7.98. The minimum absolute atomic E-state index is 0.148. The summed E-state index contributed by atoms with van der Waals surface area (Å²) >= 11 is 3.07. The second-order valence-corrected chi connectivity index (χ2v) is 6.34. The number of rotatable bonds is 4. The maximum atomic E-state index is 13.6. The average Bonchev–Trinajstić information content (AvgIpc) is 2.72. The van der Waals surface area contributed by atoms with Crippen molar-refractivity contribution in [1.29, 1.82) is 0 Å². The molecule has 2 rings (SSSR count). The lowest BCUT2D eigenvalue weighted by Gasteiger charge is -2.12. The van der Waals surface area contributed by atoms with Crippen molar-refractivity contribution in [1.82, 2.24) is 4.98 Å². The fourth-order valence-corrected chi connectivity index (χ4v) is 3.35. The predicted molar refractivity (Wildman–Crippen MR) is 72.9 cm³/mol. The molecule has 1 nitrogen and oxygen atoms in total. The van der Waals surface area contributed by atoms with E-state index in [4.69, 9.17) is 0 Å². The standard InChI is InChI=1S/C13H13F2NS2/c1-8(13-11(14)4-3-5-12(13)15)17-6-10-7-18-9(2)16-10/h3-5,7-8H,6H2,1-2H3. The Morgan fingerprint density at radius 2 is 2.00 bits per heavy atom. The van der Waals surface area contributed by atoms with Crippen LogP contribution in [-0.2, 0) is 5.75 Å². The van der Waals surface area contributed by atoms with Gasteiger partial charge in [0.15, 0.2) is 0 Å². The van der Waals surface area contributed by atoms with Gasteiger partial charge in [0.25, 0.3) is 0 Å². The maximum absolute atomic E-state index is 13.6. The topological polar surface area (TPSA) is 12.9 Å². The fourth-order valence-electron chi connectivity index (χ4n) is 1.67. The van der Waals surface area contributed by atoms with Gasteiger partial charge in [-0.2, -0.15) is 0 Å². The first kappa shape index (κ1) is 13.5. The van der Waals surface area contributed by atoms with E-state index < -0.39 is 11.6 Å². The highest BCUT2D eigenvalue weighted by Crippen LogP contribution is 2.34. The molecule has 1 unspecified atom stereocenters. The Morgan fingerprint density at radius 1 is 1.33 bits per heavy atom. The third-order valence-corrected chi connectivity index (χ3v) is 4.57. The summed E-state index contributed by atoms with van der Waals surface area (Å²) < 4.78 is 27.1. The number of aryl methyl sites for hydroxylation is 1. The lowest BCUT2D eigenvalue weighted by Crippen LogP contribution is -1.98. The number of benzene rings is 1. The molecule has 1 aromatic carbocycles. The molecule has 0 aliphatic rings. The molecule has 0 saturated heterocycles. The van der Waals surface area contributed by atoms with E-state index in [1.165, 1.54) is 30.0 Å². The van der Waals surface area contributed by atoms with Gasteiger partial charge < -0.3 is 0 Å². The molecule has 0 aliphatic carbocycles. The van der Waals surface area contributed by atoms with Crippen LogP contribution in [-0.4, -0.2) is 4.98 Å². The zero-order valence-electron chi connectivity index (χ0n) is 10.1. The third kappa shape index (κ3) is 3.09. The van der Waals surface area contributed by atoms with Gasteiger partial charge in [0.1, 0.15) is 11.6 Å². The van der Waals surface area contributed by atoms with Gasteiger partial charge in [-0.05, 0) is 26.0 Å². The van der Waals surface area contributed by atoms with E-state index in [1.807, 2.05) is 19.2 Å². The molecule has 0 spiro atoms. The largest absolute Gasteiger partial charge is 0.246 e. The van der Waals surface area contributed by atoms with E-state index in [0.29, 0.717) is 5.75 Å². The summed E-state index contributed by atoms with van der Waals surface area (Å²) in [4.78, 5) is 4.33. The number of thioether (sulfide) groups is 1. The molecule has 0 saturated carbocycles. The van der Waals surface area contributed by atoms with Gasteiger partial charge in [0.05, 0.1) is 10.7 Å². The molecular weight excluding hydrogens is 272 g/mol. The zero-order valence-corrected chi connectivity index (χ0v) is 11.7. The summed E-state index contributed by atoms with van der Waals surface area (Å²) in [6, 6.07) is 3.97. The molecule has 96 valence electrons. The molecule has 2 aromatic rings. The molecule has 0 bridgehead atoms. The van der Waals surface area contributed by atoms with E-state index in [0.717, 1.165) is 10.7 Å². The maximum Gasteiger partial charge on any atom is 0.130 e. The average molecular weight is 285 g/mol. The van der Waals surface area contributed by atoms with Crippen LogP contribution in [0.15, 0.2) is 23.6 Å². The van der Waals surface area contributed by atoms with Crippen molar-refractivity contribution >= 4 is 23.1 Å². The molecule has 0 amide bonds. The Bertz CT molecular complexity index is 519. The first-order chi connectivity index (χ1) is 8.58. The van der Waals surface area contributed by atoms with Crippen molar-refractivity contribution in [2.75, 3.05) is 0 Å². The molecule has 0 fully saturated rings. The first-order valence-electron chi connectivity index (χ1n) is 5.54. The highest BCUT2D eigenvalue weighted by atomic mass is 32.2. The van der Waals surface area contributed by atoms with Crippen molar-refractivity contribution in [3.05, 3.63) is 51.5 Å². The van der Waals surface area contributed by atoms with Crippen LogP contribution in [0.25, 0.3) is 0 Å². The van der Waals surface area contributed by atoms with Crippen molar-refractivity contribution in [3.63, 3.8) is 0 Å². The van der Waals surface area contributed by atoms with E-state index in [1.54, 1.807) is 11.3 Å². The number of hydrogen-bond acceptors (Lipinski definition) is 3. The Morgan fingerprint density at radius 3 is 2.56 bits per heavy atom. The molecule has 0 N–H and O–H groups in total. The van der Waals surface area contributed by atoms with Gasteiger partial charge in [-0.3, -0.25) is 0 Å². The van der Waals surface area contributed by atoms with Crippen molar-refractivity contribution < 1.29 is 8.78 Å². The molecule has 18 heavy (non-hydrogen) atoms.